The van der Waals surface area contributed by atoms with E-state index in [1.54, 1.807) is 0 Å². The van der Waals surface area contributed by atoms with E-state index in [0.717, 1.165) is 52.3 Å². The van der Waals surface area contributed by atoms with Gasteiger partial charge in [0, 0.05) is 48.4 Å². The number of nitrogens with zero attached hydrogens (tertiary/aromatic N) is 4. The second-order valence-corrected chi connectivity index (χ2v) is 9.34. The number of aromatic nitrogens is 3. The highest BCUT2D eigenvalue weighted by Crippen LogP contribution is 2.32. The van der Waals surface area contributed by atoms with E-state index in [1.165, 1.54) is 17.7 Å². The number of halogens is 1. The molecule has 7 nitrogen and oxygen atoms in total. The van der Waals surface area contributed by atoms with Gasteiger partial charge in [-0.05, 0) is 74.2 Å². The maximum atomic E-state index is 13.5. The van der Waals surface area contributed by atoms with Crippen molar-refractivity contribution in [3.63, 3.8) is 0 Å². The molecule has 0 spiro atoms. The molecule has 1 unspecified atom stereocenters. The van der Waals surface area contributed by atoms with Gasteiger partial charge in [0.25, 0.3) is 0 Å². The number of aliphatic imine (C=N–C) groups is 1. The van der Waals surface area contributed by atoms with Crippen molar-refractivity contribution >= 4 is 23.3 Å². The first kappa shape index (κ1) is 24.6. The Balaban J connectivity index is 1.44. The molecule has 4 aromatic rings. The van der Waals surface area contributed by atoms with Gasteiger partial charge < -0.3 is 15.5 Å². The van der Waals surface area contributed by atoms with Crippen molar-refractivity contribution in [2.75, 3.05) is 18.9 Å². The van der Waals surface area contributed by atoms with Crippen LogP contribution in [0.1, 0.15) is 31.9 Å². The van der Waals surface area contributed by atoms with Crippen molar-refractivity contribution < 1.29 is 9.13 Å². The first-order valence-corrected chi connectivity index (χ1v) is 12.5. The molecule has 0 radical (unpaired) electrons. The van der Waals surface area contributed by atoms with Crippen LogP contribution in [0.25, 0.3) is 22.3 Å². The van der Waals surface area contributed by atoms with Crippen LogP contribution in [-0.4, -0.2) is 45.3 Å². The standard InChI is InChI=1S/C29H31FN6O/c1-4-32-18(2)25(13-20-5-8-24(30)9-6-20)19(3)36-11-12-37-27-10-7-21(14-23(27)17-36)22-15-26-28(33-16-22)35-29(31)34-26/h4-10,14-16,19H,11-13,17H2,1-3H3,(H3,31,33,34,35)/b25-18-,32-4?. The predicted molar refractivity (Wildman–Crippen MR) is 146 cm³/mol. The van der Waals surface area contributed by atoms with E-state index in [4.69, 9.17) is 10.5 Å². The van der Waals surface area contributed by atoms with Crippen LogP contribution in [0.2, 0.25) is 0 Å². The van der Waals surface area contributed by atoms with Gasteiger partial charge in [-0.1, -0.05) is 18.2 Å². The molecule has 0 saturated carbocycles. The molecule has 1 aliphatic heterocycles. The molecule has 3 N–H and O–H groups in total. The molecule has 5 rings (SSSR count). The third kappa shape index (κ3) is 5.39. The summed E-state index contributed by atoms with van der Waals surface area (Å²) in [5, 5.41) is 0. The number of anilines is 1. The predicted octanol–water partition coefficient (Wildman–Crippen LogP) is 5.54. The Hall–Kier alpha value is -4.04. The van der Waals surface area contributed by atoms with Gasteiger partial charge in [-0.25, -0.2) is 9.37 Å². The van der Waals surface area contributed by atoms with Crippen LogP contribution in [-0.2, 0) is 13.0 Å². The van der Waals surface area contributed by atoms with Gasteiger partial charge in [0.05, 0.1) is 5.52 Å². The minimum Gasteiger partial charge on any atom is -0.492 e. The second-order valence-electron chi connectivity index (χ2n) is 9.34. The molecule has 3 heterocycles. The molecular weight excluding hydrogens is 467 g/mol. The van der Waals surface area contributed by atoms with Gasteiger partial charge in [-0.2, -0.15) is 4.98 Å². The summed E-state index contributed by atoms with van der Waals surface area (Å²) in [5.74, 6) is 1.02. The molecule has 37 heavy (non-hydrogen) atoms. The van der Waals surface area contributed by atoms with Crippen molar-refractivity contribution in [2.24, 2.45) is 4.99 Å². The molecule has 1 atom stereocenters. The first-order chi connectivity index (χ1) is 17.9. The molecule has 2 aromatic heterocycles. The summed E-state index contributed by atoms with van der Waals surface area (Å²) >= 11 is 0. The highest BCUT2D eigenvalue weighted by Gasteiger charge is 2.24. The zero-order valence-corrected chi connectivity index (χ0v) is 21.3. The summed E-state index contributed by atoms with van der Waals surface area (Å²) in [5.41, 5.74) is 13.6. The lowest BCUT2D eigenvalue weighted by Crippen LogP contribution is -2.36. The maximum absolute atomic E-state index is 13.5. The zero-order chi connectivity index (χ0) is 25.9. The number of fused-ring (bicyclic) bond motifs is 2. The molecular formula is C29H31FN6O. The van der Waals surface area contributed by atoms with E-state index in [1.807, 2.05) is 50.5 Å². The molecule has 8 heteroatoms. The van der Waals surface area contributed by atoms with Gasteiger partial charge >= 0.3 is 0 Å². The fourth-order valence-electron chi connectivity index (χ4n) is 4.90. The Morgan fingerprint density at radius 1 is 1.22 bits per heavy atom. The summed E-state index contributed by atoms with van der Waals surface area (Å²) < 4.78 is 19.6. The number of nitrogens with two attached hydrogens (primary N) is 1. The van der Waals surface area contributed by atoms with Crippen LogP contribution < -0.4 is 10.5 Å². The highest BCUT2D eigenvalue weighted by atomic mass is 19.1. The number of nitrogen functional groups attached to an aromatic ring is 1. The normalized spacial score (nSPS) is 15.8. The number of hydrogen-bond donors (Lipinski definition) is 2. The van der Waals surface area contributed by atoms with E-state index < -0.39 is 0 Å². The Kier molecular flexibility index (Phi) is 7.01. The van der Waals surface area contributed by atoms with Crippen molar-refractivity contribution in [3.8, 4) is 16.9 Å². The summed E-state index contributed by atoms with van der Waals surface area (Å²) in [6, 6.07) is 15.1. The van der Waals surface area contributed by atoms with Gasteiger partial charge in [-0.3, -0.25) is 9.89 Å². The zero-order valence-electron chi connectivity index (χ0n) is 21.3. The molecule has 0 amide bonds. The monoisotopic (exact) mass is 498 g/mol. The lowest BCUT2D eigenvalue weighted by atomic mass is 9.96. The van der Waals surface area contributed by atoms with E-state index >= 15 is 0 Å². The Morgan fingerprint density at radius 2 is 2.03 bits per heavy atom. The van der Waals surface area contributed by atoms with Gasteiger partial charge in [0.1, 0.15) is 18.2 Å². The van der Waals surface area contributed by atoms with Gasteiger partial charge in [0.2, 0.25) is 0 Å². The number of benzene rings is 2. The number of hydrogen-bond acceptors (Lipinski definition) is 6. The second kappa shape index (κ2) is 10.5. The summed E-state index contributed by atoms with van der Waals surface area (Å²) in [6.07, 6.45) is 4.34. The number of ether oxygens (including phenoxy) is 1. The lowest BCUT2D eigenvalue weighted by molar-refractivity contribution is 0.195. The van der Waals surface area contributed by atoms with Crippen molar-refractivity contribution in [1.29, 1.82) is 0 Å². The van der Waals surface area contributed by atoms with E-state index in [9.17, 15) is 4.39 Å². The van der Waals surface area contributed by atoms with Crippen LogP contribution in [0.4, 0.5) is 10.3 Å². The largest absolute Gasteiger partial charge is 0.492 e. The molecule has 0 bridgehead atoms. The smallest absolute Gasteiger partial charge is 0.200 e. The molecule has 0 fully saturated rings. The van der Waals surface area contributed by atoms with E-state index in [-0.39, 0.29) is 11.9 Å². The third-order valence-electron chi connectivity index (χ3n) is 6.91. The minimum atomic E-state index is -0.229. The number of allylic oxidation sites excluding steroid dienone is 1. The topological polar surface area (TPSA) is 92.4 Å². The van der Waals surface area contributed by atoms with Crippen LogP contribution >= 0.6 is 0 Å². The third-order valence-corrected chi connectivity index (χ3v) is 6.91. The van der Waals surface area contributed by atoms with E-state index in [0.29, 0.717) is 24.6 Å². The summed E-state index contributed by atoms with van der Waals surface area (Å²) in [7, 11) is 0. The number of rotatable bonds is 6. The maximum Gasteiger partial charge on any atom is 0.200 e. The lowest BCUT2D eigenvalue weighted by Gasteiger charge is -2.30. The Morgan fingerprint density at radius 3 is 2.81 bits per heavy atom. The van der Waals surface area contributed by atoms with Gasteiger partial charge in [-0.15, -0.1) is 0 Å². The van der Waals surface area contributed by atoms with Crippen molar-refractivity contribution in [1.82, 2.24) is 19.9 Å². The molecule has 2 aromatic carbocycles. The van der Waals surface area contributed by atoms with Crippen LogP contribution in [0, 0.1) is 5.82 Å². The molecule has 190 valence electrons. The Bertz CT molecular complexity index is 1470. The quantitative estimate of drug-likeness (QED) is 0.341. The summed E-state index contributed by atoms with van der Waals surface area (Å²) in [6.45, 7) is 8.28. The number of nitrogens with one attached hydrogen (secondary N) is 1. The SMILES string of the molecule is CC=N/C(C)=C(/Cc1ccc(F)cc1)C(C)N1CCOc2ccc(-c3cnc4nc(N)[nH]c4c3)cc2C1. The number of pyridine rings is 1. The van der Waals surface area contributed by atoms with Crippen LogP contribution in [0.5, 0.6) is 5.75 Å². The number of H-pyrrole nitrogens is 1. The number of imidazole rings is 1. The fraction of sp³-hybridized carbons (Fsp3) is 0.276. The van der Waals surface area contributed by atoms with E-state index in [2.05, 4.69) is 43.9 Å². The molecule has 0 saturated heterocycles. The van der Waals surface area contributed by atoms with Crippen molar-refractivity contribution in [3.05, 3.63) is 82.9 Å². The molecule has 0 aliphatic carbocycles. The Labute approximate surface area is 215 Å². The number of aromatic amines is 1. The fourth-order valence-corrected chi connectivity index (χ4v) is 4.90. The molecule has 1 aliphatic rings. The average molecular weight is 499 g/mol. The van der Waals surface area contributed by atoms with Crippen LogP contribution in [0.15, 0.2) is 71.0 Å². The van der Waals surface area contributed by atoms with Crippen LogP contribution in [0.3, 0.4) is 0 Å². The first-order valence-electron chi connectivity index (χ1n) is 12.5. The average Bonchev–Trinajstić information content (AvgIpc) is 3.13. The minimum absolute atomic E-state index is 0.109. The van der Waals surface area contributed by atoms with Crippen molar-refractivity contribution in [2.45, 2.75) is 39.8 Å². The summed E-state index contributed by atoms with van der Waals surface area (Å²) in [4.78, 5) is 18.7. The highest BCUT2D eigenvalue weighted by molar-refractivity contribution is 5.79. The van der Waals surface area contributed by atoms with Gasteiger partial charge in [0.15, 0.2) is 11.6 Å².